The standard InChI is InChI=1S/C22H28N10O12P2/c1-7-13-9(41-19(7)31-5-25-11-15(31)27-21(23)29-17(11)33)3-39-46(37,38)44-14-8(2)20(42-10(14)4-40-45(35,36)43-13)32-6-26-12-16(32)28-22(24)30-18(12)34/h5-10,13-14,19-20H,3-4H2,1-2H3,(H,35,36)(H,37,38)(H3,23,27,29,33)(H3,24,28,30,34)/t7?,8?,9-,10-,13-,14-,19-,20-/m1/s1. The summed E-state index contributed by atoms with van der Waals surface area (Å²) in [6.07, 6.45) is -4.34. The minimum Gasteiger partial charge on any atom is -0.369 e. The molecule has 10 atom stereocenters. The molecule has 22 nitrogen and oxygen atoms in total. The van der Waals surface area contributed by atoms with Gasteiger partial charge in [0.2, 0.25) is 11.9 Å². The number of nitrogens with two attached hydrogens (primary N) is 2. The smallest absolute Gasteiger partial charge is 0.369 e. The second-order valence-corrected chi connectivity index (χ2v) is 13.9. The molecule has 46 heavy (non-hydrogen) atoms. The van der Waals surface area contributed by atoms with Gasteiger partial charge in [0.1, 0.15) is 36.9 Å². The Kier molecular flexibility index (Phi) is 7.44. The molecule has 3 fully saturated rings. The van der Waals surface area contributed by atoms with E-state index in [9.17, 15) is 28.5 Å². The largest absolute Gasteiger partial charge is 0.472 e. The molecule has 248 valence electrons. The third-order valence-electron chi connectivity index (χ3n) is 8.06. The van der Waals surface area contributed by atoms with E-state index in [0.717, 1.165) is 0 Å². The molecule has 4 unspecified atom stereocenters. The molecule has 24 heteroatoms. The Bertz CT molecular complexity index is 1900. The van der Waals surface area contributed by atoms with Crippen molar-refractivity contribution >= 4 is 49.9 Å². The molecule has 0 aromatic carbocycles. The fraction of sp³-hybridized carbons (Fsp3) is 0.545. The van der Waals surface area contributed by atoms with Crippen molar-refractivity contribution in [2.45, 2.75) is 50.7 Å². The predicted octanol–water partition coefficient (Wildman–Crippen LogP) is -0.498. The van der Waals surface area contributed by atoms with Crippen LogP contribution in [0.4, 0.5) is 11.9 Å². The van der Waals surface area contributed by atoms with Crippen molar-refractivity contribution in [3.05, 3.63) is 33.4 Å². The van der Waals surface area contributed by atoms with Gasteiger partial charge in [-0.3, -0.25) is 46.8 Å². The summed E-state index contributed by atoms with van der Waals surface area (Å²) in [5, 5.41) is 0. The lowest BCUT2D eigenvalue weighted by Gasteiger charge is -2.28. The number of ether oxygens (including phenoxy) is 2. The van der Waals surface area contributed by atoms with Crippen LogP contribution in [0.5, 0.6) is 0 Å². The molecule has 3 aliphatic rings. The number of nitrogen functional groups attached to an aromatic ring is 2. The van der Waals surface area contributed by atoms with Crippen LogP contribution in [-0.2, 0) is 36.7 Å². The molecule has 7 heterocycles. The molecule has 3 aliphatic heterocycles. The van der Waals surface area contributed by atoms with E-state index >= 15 is 0 Å². The summed E-state index contributed by atoms with van der Waals surface area (Å²) >= 11 is 0. The summed E-state index contributed by atoms with van der Waals surface area (Å²) in [5.41, 5.74) is 10.3. The summed E-state index contributed by atoms with van der Waals surface area (Å²) in [4.78, 5) is 67.1. The topological polar surface area (TPSA) is 309 Å². The molecule has 0 bridgehead atoms. The fourth-order valence-corrected chi connectivity index (χ4v) is 8.02. The number of hydrogen-bond acceptors (Lipinski definition) is 16. The number of nitrogens with zero attached hydrogens (tertiary/aromatic N) is 6. The number of nitrogens with one attached hydrogen (secondary N) is 2. The van der Waals surface area contributed by atoms with E-state index in [4.69, 9.17) is 39.0 Å². The zero-order chi connectivity index (χ0) is 32.7. The minimum absolute atomic E-state index is 0.0359. The minimum atomic E-state index is -4.86. The number of fused-ring (bicyclic) bond motifs is 4. The van der Waals surface area contributed by atoms with E-state index in [1.165, 1.54) is 21.8 Å². The van der Waals surface area contributed by atoms with Crippen LogP contribution in [0.1, 0.15) is 26.3 Å². The van der Waals surface area contributed by atoms with Crippen LogP contribution in [-0.4, -0.2) is 86.5 Å². The third kappa shape index (κ3) is 5.35. The van der Waals surface area contributed by atoms with Crippen molar-refractivity contribution in [2.75, 3.05) is 24.7 Å². The van der Waals surface area contributed by atoms with Gasteiger partial charge in [-0.15, -0.1) is 0 Å². The molecule has 4 aromatic heterocycles. The lowest BCUT2D eigenvalue weighted by Crippen LogP contribution is -2.35. The molecule has 8 N–H and O–H groups in total. The highest BCUT2D eigenvalue weighted by Gasteiger charge is 2.52. The Morgan fingerprint density at radius 3 is 1.57 bits per heavy atom. The maximum absolute atomic E-state index is 13.3. The summed E-state index contributed by atoms with van der Waals surface area (Å²) in [5.74, 6) is -1.86. The molecule has 7 rings (SSSR count). The number of phosphoric acid groups is 2. The Balaban J connectivity index is 1.18. The van der Waals surface area contributed by atoms with Crippen molar-refractivity contribution in [3.63, 3.8) is 0 Å². The number of H-pyrrole nitrogens is 2. The quantitative estimate of drug-likeness (QED) is 0.145. The molecule has 4 aromatic rings. The normalized spacial score (nSPS) is 37.1. The van der Waals surface area contributed by atoms with Gasteiger partial charge in [-0.05, 0) is 0 Å². The zero-order valence-corrected chi connectivity index (χ0v) is 25.7. The molecule has 3 saturated heterocycles. The second kappa shape index (κ2) is 11.0. The number of aromatic nitrogens is 8. The van der Waals surface area contributed by atoms with Gasteiger partial charge in [0.25, 0.3) is 11.1 Å². The van der Waals surface area contributed by atoms with Gasteiger partial charge in [0, 0.05) is 11.8 Å². The summed E-state index contributed by atoms with van der Waals surface area (Å²) in [6.45, 7) is 1.97. The van der Waals surface area contributed by atoms with Gasteiger partial charge in [0.15, 0.2) is 22.3 Å². The maximum Gasteiger partial charge on any atom is 0.472 e. The monoisotopic (exact) mass is 686 g/mol. The van der Waals surface area contributed by atoms with Crippen LogP contribution in [0.2, 0.25) is 0 Å². The first-order chi connectivity index (χ1) is 21.7. The number of hydrogen-bond donors (Lipinski definition) is 6. The van der Waals surface area contributed by atoms with Gasteiger partial charge < -0.3 is 30.7 Å². The Morgan fingerprint density at radius 1 is 0.783 bits per heavy atom. The van der Waals surface area contributed by atoms with Crippen LogP contribution < -0.4 is 22.6 Å². The van der Waals surface area contributed by atoms with Crippen LogP contribution in [0.3, 0.4) is 0 Å². The highest BCUT2D eigenvalue weighted by Crippen LogP contribution is 2.55. The summed E-state index contributed by atoms with van der Waals surface area (Å²) < 4.78 is 63.1. The van der Waals surface area contributed by atoms with Crippen LogP contribution in [0.15, 0.2) is 22.2 Å². The van der Waals surface area contributed by atoms with Crippen molar-refractivity contribution in [1.82, 2.24) is 39.0 Å². The first-order valence-corrected chi connectivity index (χ1v) is 16.8. The number of phosphoric ester groups is 2. The fourth-order valence-electron chi connectivity index (χ4n) is 5.96. The van der Waals surface area contributed by atoms with E-state index in [-0.39, 0.29) is 34.2 Å². The van der Waals surface area contributed by atoms with Gasteiger partial charge >= 0.3 is 15.6 Å². The average Bonchev–Trinajstić information content (AvgIpc) is 3.72. The van der Waals surface area contributed by atoms with Crippen LogP contribution in [0.25, 0.3) is 22.3 Å². The molecule has 0 saturated carbocycles. The zero-order valence-electron chi connectivity index (χ0n) is 23.9. The molecular formula is C22H28N10O12P2. The number of rotatable bonds is 2. The predicted molar refractivity (Wildman–Crippen MR) is 153 cm³/mol. The number of aromatic amines is 2. The van der Waals surface area contributed by atoms with E-state index in [1.54, 1.807) is 13.8 Å². The molecule has 0 spiro atoms. The lowest BCUT2D eigenvalue weighted by molar-refractivity contribution is -0.0661. The third-order valence-corrected chi connectivity index (χ3v) is 10.0. The van der Waals surface area contributed by atoms with Crippen molar-refractivity contribution in [3.8, 4) is 0 Å². The first kappa shape index (κ1) is 31.1. The lowest BCUT2D eigenvalue weighted by atomic mass is 10.0. The summed E-state index contributed by atoms with van der Waals surface area (Å²) in [6, 6.07) is 0. The Morgan fingerprint density at radius 2 is 1.17 bits per heavy atom. The van der Waals surface area contributed by atoms with E-state index in [2.05, 4.69) is 29.9 Å². The molecular weight excluding hydrogens is 658 g/mol. The maximum atomic E-state index is 13.3. The van der Waals surface area contributed by atoms with E-state index in [0.29, 0.717) is 0 Å². The van der Waals surface area contributed by atoms with Crippen molar-refractivity contribution in [2.24, 2.45) is 11.8 Å². The second-order valence-electron chi connectivity index (χ2n) is 11.1. The first-order valence-electron chi connectivity index (χ1n) is 13.8. The van der Waals surface area contributed by atoms with Crippen LogP contribution in [0, 0.1) is 11.8 Å². The van der Waals surface area contributed by atoms with Gasteiger partial charge in [-0.2, -0.15) is 9.97 Å². The van der Waals surface area contributed by atoms with Crippen molar-refractivity contribution in [1.29, 1.82) is 0 Å². The van der Waals surface area contributed by atoms with Gasteiger partial charge in [-0.25, -0.2) is 19.1 Å². The molecule has 0 radical (unpaired) electrons. The van der Waals surface area contributed by atoms with Gasteiger partial charge in [-0.1, -0.05) is 13.8 Å². The van der Waals surface area contributed by atoms with E-state index in [1.807, 2.05) is 0 Å². The van der Waals surface area contributed by atoms with Crippen LogP contribution >= 0.6 is 15.6 Å². The number of anilines is 2. The highest BCUT2D eigenvalue weighted by molar-refractivity contribution is 7.47. The molecule has 0 amide bonds. The summed E-state index contributed by atoms with van der Waals surface area (Å²) in [7, 11) is -9.72. The Labute approximate surface area is 256 Å². The molecule has 0 aliphatic carbocycles. The highest BCUT2D eigenvalue weighted by atomic mass is 31.2. The van der Waals surface area contributed by atoms with Gasteiger partial charge in [0.05, 0.1) is 25.9 Å². The average molecular weight is 686 g/mol. The van der Waals surface area contributed by atoms with Crippen molar-refractivity contribution < 1.29 is 46.5 Å². The Hall–Kier alpha value is -3.56. The number of imidazole rings is 2. The SMILES string of the molecule is CC1[C@H]2OP(=O)(O)OC[C@H]3O[C@@H](n4cnc5c(=O)[nH]c(N)nc54)C(C)[C@H]3OP(=O)(O)OC[C@H]2O[C@H]1n1cnc2c(=O)[nH]c(N)nc21. The van der Waals surface area contributed by atoms with E-state index < -0.39 is 88.7 Å².